The van der Waals surface area contributed by atoms with E-state index in [0.29, 0.717) is 56.8 Å². The van der Waals surface area contributed by atoms with Gasteiger partial charge in [0.1, 0.15) is 5.82 Å². The van der Waals surface area contributed by atoms with E-state index in [9.17, 15) is 23.6 Å². The third kappa shape index (κ3) is 10.2. The van der Waals surface area contributed by atoms with Crippen LogP contribution in [0, 0.1) is 23.0 Å². The highest BCUT2D eigenvalue weighted by molar-refractivity contribution is 6.33. The highest BCUT2D eigenvalue weighted by Gasteiger charge is 2.46. The molecule has 0 aliphatic carbocycles. The van der Waals surface area contributed by atoms with Crippen LogP contribution >= 0.6 is 11.6 Å². The number of halogens is 3. The number of aromatic nitrogens is 2. The van der Waals surface area contributed by atoms with Crippen LogP contribution in [0.5, 0.6) is 0 Å². The molecule has 5 heterocycles. The monoisotopic (exact) mass is 902 g/mol. The number of likely N-dealkylation sites (tertiary alicyclic amines) is 1. The summed E-state index contributed by atoms with van der Waals surface area (Å²) in [4.78, 5) is 62.7. The fourth-order valence-electron chi connectivity index (χ4n) is 9.22. The number of rotatable bonds is 12. The zero-order valence-corrected chi connectivity index (χ0v) is 36.3. The number of carbonyl (C=O) groups excluding carboxylic acids is 4. The van der Waals surface area contributed by atoms with Gasteiger partial charge in [0.2, 0.25) is 17.8 Å². The largest absolute Gasteiger partial charge is 0.368 e. The van der Waals surface area contributed by atoms with Crippen molar-refractivity contribution in [3.8, 4) is 0 Å². The van der Waals surface area contributed by atoms with Crippen molar-refractivity contribution in [3.63, 3.8) is 0 Å². The van der Waals surface area contributed by atoms with Gasteiger partial charge in [0.15, 0.2) is 11.6 Å². The smallest absolute Gasteiger partial charge is 0.265 e. The predicted octanol–water partition coefficient (Wildman–Crippen LogP) is 7.63. The van der Waals surface area contributed by atoms with Gasteiger partial charge in [-0.3, -0.25) is 29.9 Å². The second kappa shape index (κ2) is 18.9. The molecule has 9 rings (SSSR count). The number of anilines is 6. The van der Waals surface area contributed by atoms with Crippen LogP contribution in [0.1, 0.15) is 70.7 Å². The van der Waals surface area contributed by atoms with E-state index in [1.807, 2.05) is 11.1 Å². The first kappa shape index (κ1) is 43.7. The van der Waals surface area contributed by atoms with E-state index in [0.717, 1.165) is 77.7 Å². The standard InChI is InChI=1S/C48H49ClF2N10O4/c49-37-3-1-2-4-40(37)55-44(63)31-5-10-34(11-6-31)53-43-39(51)26-52-47(57-43)54-35-12-7-32(8-13-35)45(64)58-61-21-17-30(18-22-61)27-59-23-19-48(20-24-59)28-60(29-48)41-15-9-33(25-38(41)50)36-14-16-42(62)56-46(36)65/h1-13,15,25-26,30,36H,14,16-24,27-29H2,(H,55,63)(H,58,64)(H,56,62,65)(H2,52,53,54,57). The first-order chi connectivity index (χ1) is 31.5. The van der Waals surface area contributed by atoms with Crippen molar-refractivity contribution in [2.45, 2.75) is 44.4 Å². The minimum absolute atomic E-state index is 0.0605. The summed E-state index contributed by atoms with van der Waals surface area (Å²) in [5, 5.41) is 13.5. The van der Waals surface area contributed by atoms with E-state index in [1.54, 1.807) is 78.9 Å². The Bertz CT molecular complexity index is 2580. The van der Waals surface area contributed by atoms with E-state index >= 15 is 4.39 Å². The minimum Gasteiger partial charge on any atom is -0.368 e. The zero-order chi connectivity index (χ0) is 45.1. The molecule has 336 valence electrons. The maximum Gasteiger partial charge on any atom is 0.265 e. The second-order valence-electron chi connectivity index (χ2n) is 17.5. The lowest BCUT2D eigenvalue weighted by molar-refractivity contribution is -0.134. The molecule has 5 aromatic rings. The molecule has 1 spiro atoms. The number of nitrogens with one attached hydrogen (secondary N) is 5. The molecule has 0 radical (unpaired) electrons. The molecule has 1 aromatic heterocycles. The van der Waals surface area contributed by atoms with Crippen LogP contribution in [-0.4, -0.2) is 89.3 Å². The Labute approximate surface area is 380 Å². The van der Waals surface area contributed by atoms with Crippen LogP contribution < -0.4 is 31.6 Å². The van der Waals surface area contributed by atoms with Crippen LogP contribution in [0.4, 0.5) is 43.3 Å². The Hall–Kier alpha value is -6.49. The lowest BCUT2D eigenvalue weighted by Gasteiger charge is -2.55. The van der Waals surface area contributed by atoms with Gasteiger partial charge < -0.3 is 25.8 Å². The summed E-state index contributed by atoms with van der Waals surface area (Å²) in [5.41, 5.74) is 6.94. The van der Waals surface area contributed by atoms with Gasteiger partial charge in [-0.2, -0.15) is 4.98 Å². The van der Waals surface area contributed by atoms with Gasteiger partial charge in [-0.05, 0) is 129 Å². The van der Waals surface area contributed by atoms with Crippen LogP contribution in [0.2, 0.25) is 5.02 Å². The molecule has 0 bridgehead atoms. The lowest BCUT2D eigenvalue weighted by atomic mass is 9.71. The highest BCUT2D eigenvalue weighted by Crippen LogP contribution is 2.44. The molecule has 5 N–H and O–H groups in total. The van der Waals surface area contributed by atoms with E-state index in [1.165, 1.54) is 6.07 Å². The number of nitrogens with zero attached hydrogens (tertiary/aromatic N) is 5. The Morgan fingerprint density at radius 1 is 0.800 bits per heavy atom. The second-order valence-corrected chi connectivity index (χ2v) is 17.9. The SMILES string of the molecule is O=C1CCC(c2ccc(N3CC4(CCN(CC5CCN(NC(=O)c6ccc(Nc7ncc(F)c(Nc8ccc(C(=O)Nc9ccccc9Cl)cc8)n7)cc6)CC5)CC4)C3)c(F)c2)C(=O)N1. The van der Waals surface area contributed by atoms with Crippen molar-refractivity contribution < 1.29 is 28.0 Å². The summed E-state index contributed by atoms with van der Waals surface area (Å²) in [6.07, 6.45) is 5.82. The van der Waals surface area contributed by atoms with E-state index < -0.39 is 11.7 Å². The number of amides is 4. The number of benzene rings is 4. The Kier molecular flexibility index (Phi) is 12.7. The van der Waals surface area contributed by atoms with Crippen molar-refractivity contribution >= 4 is 69.7 Å². The third-order valence-electron chi connectivity index (χ3n) is 13.0. The molecule has 17 heteroatoms. The van der Waals surface area contributed by atoms with Gasteiger partial charge in [0.05, 0.1) is 28.5 Å². The zero-order valence-electron chi connectivity index (χ0n) is 35.6. The third-order valence-corrected chi connectivity index (χ3v) is 13.3. The number of hydrogen-bond acceptors (Lipinski definition) is 11. The Morgan fingerprint density at radius 3 is 2.15 bits per heavy atom. The fourth-order valence-corrected chi connectivity index (χ4v) is 9.40. The number of hydrogen-bond donors (Lipinski definition) is 5. The van der Waals surface area contributed by atoms with Crippen LogP contribution in [-0.2, 0) is 9.59 Å². The summed E-state index contributed by atoms with van der Waals surface area (Å²) >= 11 is 6.16. The van der Waals surface area contributed by atoms with Crippen molar-refractivity contribution in [2.24, 2.45) is 11.3 Å². The van der Waals surface area contributed by atoms with Gasteiger partial charge in [-0.1, -0.05) is 29.8 Å². The molecular weight excluding hydrogens is 854 g/mol. The molecule has 4 aliphatic rings. The van der Waals surface area contributed by atoms with Crippen LogP contribution in [0.25, 0.3) is 0 Å². The maximum absolute atomic E-state index is 15.3. The van der Waals surface area contributed by atoms with E-state index in [-0.39, 0.29) is 53.0 Å². The summed E-state index contributed by atoms with van der Waals surface area (Å²) in [6.45, 7) is 6.23. The first-order valence-corrected chi connectivity index (χ1v) is 22.3. The number of carbonyl (C=O) groups is 4. The quantitative estimate of drug-likeness (QED) is 0.0783. The minimum atomic E-state index is -0.663. The Morgan fingerprint density at radius 2 is 1.48 bits per heavy atom. The summed E-state index contributed by atoms with van der Waals surface area (Å²) in [5.74, 6) is -2.03. The van der Waals surface area contributed by atoms with Crippen LogP contribution in [0.15, 0.2) is 97.2 Å². The number of imide groups is 1. The molecule has 4 fully saturated rings. The maximum atomic E-state index is 15.3. The topological polar surface area (TPSA) is 164 Å². The van der Waals surface area contributed by atoms with Crippen molar-refractivity contribution in [2.75, 3.05) is 66.7 Å². The first-order valence-electron chi connectivity index (χ1n) is 21.9. The normalized spacial score (nSPS) is 19.0. The molecular formula is C48H49ClF2N10O4. The summed E-state index contributed by atoms with van der Waals surface area (Å²) in [6, 6.07) is 25.4. The summed E-state index contributed by atoms with van der Waals surface area (Å²) in [7, 11) is 0. The molecule has 1 atom stereocenters. The number of para-hydroxylation sites is 1. The van der Waals surface area contributed by atoms with Gasteiger partial charge >= 0.3 is 0 Å². The van der Waals surface area contributed by atoms with E-state index in [4.69, 9.17) is 11.6 Å². The fraction of sp³-hybridized carbons (Fsp3) is 0.333. The average molecular weight is 903 g/mol. The van der Waals surface area contributed by atoms with Crippen molar-refractivity contribution in [1.82, 2.24) is 30.6 Å². The lowest BCUT2D eigenvalue weighted by Crippen LogP contribution is -2.61. The molecule has 14 nitrogen and oxygen atoms in total. The van der Waals surface area contributed by atoms with Gasteiger partial charge in [0, 0.05) is 67.1 Å². The molecule has 4 saturated heterocycles. The van der Waals surface area contributed by atoms with Crippen LogP contribution in [0.3, 0.4) is 0 Å². The molecule has 1 unspecified atom stereocenters. The highest BCUT2D eigenvalue weighted by atomic mass is 35.5. The number of piperidine rings is 3. The van der Waals surface area contributed by atoms with E-state index in [2.05, 4.69) is 46.5 Å². The molecule has 4 aromatic carbocycles. The average Bonchev–Trinajstić information content (AvgIpc) is 3.29. The van der Waals surface area contributed by atoms with Gasteiger partial charge in [-0.15, -0.1) is 0 Å². The van der Waals surface area contributed by atoms with Crippen molar-refractivity contribution in [1.29, 1.82) is 0 Å². The molecule has 0 saturated carbocycles. The van der Waals surface area contributed by atoms with Crippen molar-refractivity contribution in [3.05, 3.63) is 131 Å². The van der Waals surface area contributed by atoms with Gasteiger partial charge in [0.25, 0.3) is 11.8 Å². The Balaban J connectivity index is 0.687. The predicted molar refractivity (Wildman–Crippen MR) is 244 cm³/mol. The number of hydrazine groups is 1. The molecule has 4 aliphatic heterocycles. The molecule has 65 heavy (non-hydrogen) atoms. The molecule has 4 amide bonds. The van der Waals surface area contributed by atoms with Gasteiger partial charge in [-0.25, -0.2) is 18.8 Å². The summed E-state index contributed by atoms with van der Waals surface area (Å²) < 4.78 is 30.0.